The summed E-state index contributed by atoms with van der Waals surface area (Å²) in [6.07, 6.45) is 0. The molecule has 0 radical (unpaired) electrons. The van der Waals surface area contributed by atoms with E-state index in [9.17, 15) is 4.79 Å². The summed E-state index contributed by atoms with van der Waals surface area (Å²) in [5, 5.41) is 0. The van der Waals surface area contributed by atoms with Crippen LogP contribution in [0.4, 0.5) is 0 Å². The van der Waals surface area contributed by atoms with E-state index in [2.05, 4.69) is 0 Å². The number of hydrogen-bond acceptors (Lipinski definition) is 3. The summed E-state index contributed by atoms with van der Waals surface area (Å²) in [6, 6.07) is 17.8. The van der Waals surface area contributed by atoms with Gasteiger partial charge in [-0.3, -0.25) is 0 Å². The van der Waals surface area contributed by atoms with E-state index in [-0.39, 0.29) is 5.97 Å². The number of carbonyl (C=O) groups excluding carboxylic acids is 1. The number of rotatable bonds is 6. The third kappa shape index (κ3) is 4.71. The number of esters is 1. The van der Waals surface area contributed by atoms with Crippen LogP contribution in [0.5, 0.6) is 5.75 Å². The molecule has 0 fully saturated rings. The van der Waals surface area contributed by atoms with E-state index in [4.69, 9.17) is 9.47 Å². The molecule has 0 atom stereocenters. The summed E-state index contributed by atoms with van der Waals surface area (Å²) in [7, 11) is 0. The van der Waals surface area contributed by atoms with Gasteiger partial charge in [-0.1, -0.05) is 42.5 Å². The fourth-order valence-electron chi connectivity index (χ4n) is 2.15. The van der Waals surface area contributed by atoms with Gasteiger partial charge in [0, 0.05) is 5.57 Å². The van der Waals surface area contributed by atoms with Gasteiger partial charge in [-0.15, -0.1) is 0 Å². The van der Waals surface area contributed by atoms with E-state index in [1.165, 1.54) is 0 Å². The molecule has 120 valence electrons. The molecule has 0 saturated carbocycles. The Morgan fingerprint density at radius 2 is 1.61 bits per heavy atom. The van der Waals surface area contributed by atoms with Gasteiger partial charge in [-0.05, 0) is 49.6 Å². The lowest BCUT2D eigenvalue weighted by Crippen LogP contribution is -2.06. The number of allylic oxidation sites excluding steroid dienone is 1. The SMILES string of the molecule is CCOC(=O)C(C)=C(C)c1ccc(OCc2ccccc2)cc1. The normalized spacial score (nSPS) is 11.6. The third-order valence-corrected chi connectivity index (χ3v) is 3.68. The van der Waals surface area contributed by atoms with Crippen LogP contribution >= 0.6 is 0 Å². The van der Waals surface area contributed by atoms with Crippen LogP contribution in [-0.4, -0.2) is 12.6 Å². The first-order chi connectivity index (χ1) is 11.1. The molecule has 2 aromatic rings. The van der Waals surface area contributed by atoms with Crippen molar-refractivity contribution in [1.29, 1.82) is 0 Å². The van der Waals surface area contributed by atoms with Crippen molar-refractivity contribution in [1.82, 2.24) is 0 Å². The molecule has 0 spiro atoms. The monoisotopic (exact) mass is 310 g/mol. The Kier molecular flexibility index (Phi) is 5.98. The lowest BCUT2D eigenvalue weighted by atomic mass is 10.0. The topological polar surface area (TPSA) is 35.5 Å². The van der Waals surface area contributed by atoms with Crippen LogP contribution < -0.4 is 4.74 Å². The smallest absolute Gasteiger partial charge is 0.333 e. The van der Waals surface area contributed by atoms with Crippen molar-refractivity contribution in [3.8, 4) is 5.75 Å². The van der Waals surface area contributed by atoms with E-state index in [1.54, 1.807) is 13.8 Å². The van der Waals surface area contributed by atoms with Crippen molar-refractivity contribution in [2.45, 2.75) is 27.4 Å². The highest BCUT2D eigenvalue weighted by molar-refractivity contribution is 5.96. The maximum Gasteiger partial charge on any atom is 0.333 e. The van der Waals surface area contributed by atoms with E-state index in [1.807, 2.05) is 61.5 Å². The molecule has 3 nitrogen and oxygen atoms in total. The average Bonchev–Trinajstić information content (AvgIpc) is 2.60. The van der Waals surface area contributed by atoms with Gasteiger partial charge in [-0.2, -0.15) is 0 Å². The third-order valence-electron chi connectivity index (χ3n) is 3.68. The van der Waals surface area contributed by atoms with Crippen LogP contribution in [0, 0.1) is 0 Å². The Bertz CT molecular complexity index is 670. The molecule has 0 heterocycles. The zero-order chi connectivity index (χ0) is 16.7. The lowest BCUT2D eigenvalue weighted by Gasteiger charge is -2.10. The van der Waals surface area contributed by atoms with Gasteiger partial charge >= 0.3 is 5.97 Å². The highest BCUT2D eigenvalue weighted by atomic mass is 16.5. The minimum Gasteiger partial charge on any atom is -0.489 e. The summed E-state index contributed by atoms with van der Waals surface area (Å²) in [5.41, 5.74) is 3.66. The van der Waals surface area contributed by atoms with E-state index in [0.717, 1.165) is 22.4 Å². The van der Waals surface area contributed by atoms with Crippen LogP contribution in [0.15, 0.2) is 60.2 Å². The Morgan fingerprint density at radius 1 is 0.957 bits per heavy atom. The second-order valence-electron chi connectivity index (χ2n) is 5.27. The first-order valence-corrected chi connectivity index (χ1v) is 7.73. The van der Waals surface area contributed by atoms with Crippen molar-refractivity contribution in [3.05, 3.63) is 71.3 Å². The van der Waals surface area contributed by atoms with Gasteiger partial charge in [0.1, 0.15) is 12.4 Å². The highest BCUT2D eigenvalue weighted by Crippen LogP contribution is 2.22. The number of carbonyl (C=O) groups is 1. The number of benzene rings is 2. The first kappa shape index (κ1) is 16.8. The van der Waals surface area contributed by atoms with Crippen molar-refractivity contribution in [2.75, 3.05) is 6.61 Å². The number of ether oxygens (including phenoxy) is 2. The van der Waals surface area contributed by atoms with Crippen LogP contribution in [0.3, 0.4) is 0 Å². The molecule has 0 aliphatic carbocycles. The van der Waals surface area contributed by atoms with E-state index < -0.39 is 0 Å². The second kappa shape index (κ2) is 8.18. The fourth-order valence-corrected chi connectivity index (χ4v) is 2.15. The van der Waals surface area contributed by atoms with Crippen LogP contribution in [0.2, 0.25) is 0 Å². The second-order valence-corrected chi connectivity index (χ2v) is 5.27. The zero-order valence-electron chi connectivity index (χ0n) is 13.8. The predicted octanol–water partition coefficient (Wildman–Crippen LogP) is 4.62. The molecule has 0 aliphatic rings. The summed E-state index contributed by atoms with van der Waals surface area (Å²) < 4.78 is 10.8. The molecular formula is C20H22O3. The molecule has 3 heteroatoms. The summed E-state index contributed by atoms with van der Waals surface area (Å²) in [5.74, 6) is 0.536. The first-order valence-electron chi connectivity index (χ1n) is 7.73. The molecule has 0 N–H and O–H groups in total. The molecule has 2 rings (SSSR count). The largest absolute Gasteiger partial charge is 0.489 e. The molecule has 0 bridgehead atoms. The quantitative estimate of drug-likeness (QED) is 0.577. The molecule has 2 aromatic carbocycles. The summed E-state index contributed by atoms with van der Waals surface area (Å²) in [4.78, 5) is 11.8. The summed E-state index contributed by atoms with van der Waals surface area (Å²) >= 11 is 0. The average molecular weight is 310 g/mol. The number of hydrogen-bond donors (Lipinski definition) is 0. The maximum absolute atomic E-state index is 11.8. The van der Waals surface area contributed by atoms with Crippen LogP contribution in [0.25, 0.3) is 5.57 Å². The standard InChI is InChI=1S/C20H22O3/c1-4-22-20(21)16(3)15(2)18-10-12-19(13-11-18)23-14-17-8-6-5-7-9-17/h5-13H,4,14H2,1-3H3. The Balaban J connectivity index is 2.04. The fraction of sp³-hybridized carbons (Fsp3) is 0.250. The molecule has 23 heavy (non-hydrogen) atoms. The molecule has 0 saturated heterocycles. The Morgan fingerprint density at radius 3 is 2.22 bits per heavy atom. The predicted molar refractivity (Wildman–Crippen MR) is 92.1 cm³/mol. The Labute approximate surface area is 137 Å². The van der Waals surface area contributed by atoms with Crippen molar-refractivity contribution >= 4 is 11.5 Å². The Hall–Kier alpha value is -2.55. The molecular weight excluding hydrogens is 288 g/mol. The van der Waals surface area contributed by atoms with Crippen molar-refractivity contribution in [3.63, 3.8) is 0 Å². The van der Waals surface area contributed by atoms with E-state index >= 15 is 0 Å². The van der Waals surface area contributed by atoms with Crippen LogP contribution in [0.1, 0.15) is 31.9 Å². The minimum absolute atomic E-state index is 0.269. The zero-order valence-corrected chi connectivity index (χ0v) is 13.8. The van der Waals surface area contributed by atoms with Crippen molar-refractivity contribution < 1.29 is 14.3 Å². The van der Waals surface area contributed by atoms with Gasteiger partial charge in [0.25, 0.3) is 0 Å². The van der Waals surface area contributed by atoms with Gasteiger partial charge in [-0.25, -0.2) is 4.79 Å². The summed E-state index contributed by atoms with van der Waals surface area (Å²) in [6.45, 7) is 6.44. The van der Waals surface area contributed by atoms with Gasteiger partial charge in [0.05, 0.1) is 6.61 Å². The van der Waals surface area contributed by atoms with Gasteiger partial charge in [0.2, 0.25) is 0 Å². The minimum atomic E-state index is -0.269. The van der Waals surface area contributed by atoms with Gasteiger partial charge in [0.15, 0.2) is 0 Å². The van der Waals surface area contributed by atoms with Crippen molar-refractivity contribution in [2.24, 2.45) is 0 Å². The molecule has 0 amide bonds. The highest BCUT2D eigenvalue weighted by Gasteiger charge is 2.10. The molecule has 0 aliphatic heterocycles. The lowest BCUT2D eigenvalue weighted by molar-refractivity contribution is -0.138. The van der Waals surface area contributed by atoms with E-state index in [0.29, 0.717) is 18.8 Å². The molecule has 0 aromatic heterocycles. The van der Waals surface area contributed by atoms with Crippen LogP contribution in [-0.2, 0) is 16.1 Å². The maximum atomic E-state index is 11.8. The molecule has 0 unspecified atom stereocenters. The van der Waals surface area contributed by atoms with Gasteiger partial charge < -0.3 is 9.47 Å².